The largest absolute Gasteiger partial charge is 0.497 e. The molecule has 0 aromatic heterocycles. The fourth-order valence-electron chi connectivity index (χ4n) is 2.82. The number of carboxylic acids is 1. The molecule has 0 heterocycles. The van der Waals surface area contributed by atoms with Crippen LogP contribution < -0.4 is 4.74 Å². The molecule has 0 aliphatic heterocycles. The fraction of sp³-hybridized carbons (Fsp3) is 0.333. The Morgan fingerprint density at radius 1 is 1.04 bits per heavy atom. The fourth-order valence-corrected chi connectivity index (χ4v) is 2.82. The van der Waals surface area contributed by atoms with Crippen LogP contribution in [-0.2, 0) is 17.6 Å². The van der Waals surface area contributed by atoms with Gasteiger partial charge in [0.1, 0.15) is 5.75 Å². The van der Waals surface area contributed by atoms with Gasteiger partial charge in [0.2, 0.25) is 5.91 Å². The minimum Gasteiger partial charge on any atom is -0.497 e. The first-order valence-electron chi connectivity index (χ1n) is 8.69. The standard InChI is InChI=1S/C21H25NO4/c1-22(15-5-6-16-9-12-18(26-2)13-10-16)20(23)14-11-17-7-3-4-8-19(17)21(24)25/h3-4,7-10,12-13H,5-6,11,14-15H2,1-2H3,(H,24,25). The van der Waals surface area contributed by atoms with Crippen LogP contribution in [0.5, 0.6) is 5.75 Å². The Labute approximate surface area is 154 Å². The number of aryl methyl sites for hydroxylation is 2. The maximum absolute atomic E-state index is 12.3. The van der Waals surface area contributed by atoms with E-state index in [2.05, 4.69) is 0 Å². The van der Waals surface area contributed by atoms with Gasteiger partial charge in [-0.1, -0.05) is 30.3 Å². The monoisotopic (exact) mass is 355 g/mol. The number of amides is 1. The Morgan fingerprint density at radius 3 is 2.38 bits per heavy atom. The molecule has 1 amide bonds. The zero-order chi connectivity index (χ0) is 18.9. The molecule has 0 spiro atoms. The first-order valence-corrected chi connectivity index (χ1v) is 8.69. The summed E-state index contributed by atoms with van der Waals surface area (Å²) in [6.45, 7) is 0.672. The number of rotatable bonds is 9. The van der Waals surface area contributed by atoms with Gasteiger partial charge in [-0.05, 0) is 48.6 Å². The van der Waals surface area contributed by atoms with E-state index < -0.39 is 5.97 Å². The van der Waals surface area contributed by atoms with Crippen LogP contribution in [0.15, 0.2) is 48.5 Å². The SMILES string of the molecule is COc1ccc(CCCN(C)C(=O)CCc2ccccc2C(=O)O)cc1. The summed E-state index contributed by atoms with van der Waals surface area (Å²) in [5.41, 5.74) is 2.17. The zero-order valence-corrected chi connectivity index (χ0v) is 15.3. The molecule has 2 aromatic rings. The van der Waals surface area contributed by atoms with E-state index >= 15 is 0 Å². The van der Waals surface area contributed by atoms with Gasteiger partial charge in [0.15, 0.2) is 0 Å². The van der Waals surface area contributed by atoms with Crippen LogP contribution in [0.25, 0.3) is 0 Å². The summed E-state index contributed by atoms with van der Waals surface area (Å²) < 4.78 is 5.14. The number of carboxylic acid groups (broad SMARTS) is 1. The van der Waals surface area contributed by atoms with Crippen molar-refractivity contribution in [3.63, 3.8) is 0 Å². The lowest BCUT2D eigenvalue weighted by atomic mass is 10.0. The van der Waals surface area contributed by atoms with Crippen molar-refractivity contribution in [2.75, 3.05) is 20.7 Å². The van der Waals surface area contributed by atoms with Crippen molar-refractivity contribution in [1.82, 2.24) is 4.90 Å². The van der Waals surface area contributed by atoms with Gasteiger partial charge in [-0.2, -0.15) is 0 Å². The summed E-state index contributed by atoms with van der Waals surface area (Å²) in [6.07, 6.45) is 2.51. The van der Waals surface area contributed by atoms with E-state index in [0.29, 0.717) is 24.9 Å². The first-order chi connectivity index (χ1) is 12.5. The van der Waals surface area contributed by atoms with Gasteiger partial charge < -0.3 is 14.7 Å². The zero-order valence-electron chi connectivity index (χ0n) is 15.3. The van der Waals surface area contributed by atoms with Crippen molar-refractivity contribution in [1.29, 1.82) is 0 Å². The summed E-state index contributed by atoms with van der Waals surface area (Å²) >= 11 is 0. The van der Waals surface area contributed by atoms with Crippen molar-refractivity contribution in [2.45, 2.75) is 25.7 Å². The Kier molecular flexibility index (Phi) is 7.21. The van der Waals surface area contributed by atoms with Crippen LogP contribution in [0, 0.1) is 0 Å². The lowest BCUT2D eigenvalue weighted by molar-refractivity contribution is -0.129. The minimum absolute atomic E-state index is 0.0277. The molecule has 26 heavy (non-hydrogen) atoms. The number of methoxy groups -OCH3 is 1. The Morgan fingerprint density at radius 2 is 1.73 bits per heavy atom. The second-order valence-electron chi connectivity index (χ2n) is 6.23. The molecule has 0 saturated carbocycles. The molecule has 1 N–H and O–H groups in total. The number of aromatic carboxylic acids is 1. The third-order valence-corrected chi connectivity index (χ3v) is 4.40. The second-order valence-corrected chi connectivity index (χ2v) is 6.23. The molecular weight excluding hydrogens is 330 g/mol. The molecule has 0 unspecified atom stereocenters. The first kappa shape index (κ1) is 19.5. The number of carbonyl (C=O) groups excluding carboxylic acids is 1. The van der Waals surface area contributed by atoms with Crippen LogP contribution in [0.1, 0.15) is 34.3 Å². The van der Waals surface area contributed by atoms with Crippen molar-refractivity contribution < 1.29 is 19.4 Å². The van der Waals surface area contributed by atoms with E-state index in [1.807, 2.05) is 24.3 Å². The molecule has 2 rings (SSSR count). The quantitative estimate of drug-likeness (QED) is 0.748. The number of benzene rings is 2. The maximum atomic E-state index is 12.3. The number of hydrogen-bond acceptors (Lipinski definition) is 3. The highest BCUT2D eigenvalue weighted by atomic mass is 16.5. The number of ether oxygens (including phenoxy) is 1. The molecule has 0 bridgehead atoms. The van der Waals surface area contributed by atoms with E-state index in [1.165, 1.54) is 5.56 Å². The smallest absolute Gasteiger partial charge is 0.335 e. The summed E-state index contributed by atoms with van der Waals surface area (Å²) in [5.74, 6) is -0.0940. The maximum Gasteiger partial charge on any atom is 0.335 e. The normalized spacial score (nSPS) is 10.4. The third kappa shape index (κ3) is 5.62. The molecule has 0 fully saturated rings. The number of nitrogens with zero attached hydrogens (tertiary/aromatic N) is 1. The van der Waals surface area contributed by atoms with Gasteiger partial charge in [0.05, 0.1) is 12.7 Å². The van der Waals surface area contributed by atoms with E-state index in [9.17, 15) is 14.7 Å². The second kappa shape index (κ2) is 9.61. The predicted octanol–water partition coefficient (Wildman–Crippen LogP) is 3.42. The van der Waals surface area contributed by atoms with Crippen LogP contribution >= 0.6 is 0 Å². The summed E-state index contributed by atoms with van der Waals surface area (Å²) in [6, 6.07) is 14.8. The van der Waals surface area contributed by atoms with Crippen molar-refractivity contribution in [3.8, 4) is 5.75 Å². The molecule has 0 radical (unpaired) electrons. The summed E-state index contributed by atoms with van der Waals surface area (Å²) in [4.78, 5) is 25.2. The summed E-state index contributed by atoms with van der Waals surface area (Å²) in [5, 5.41) is 9.19. The number of carbonyl (C=O) groups is 2. The summed E-state index contributed by atoms with van der Waals surface area (Å²) in [7, 11) is 3.43. The molecule has 2 aromatic carbocycles. The molecule has 0 aliphatic rings. The van der Waals surface area contributed by atoms with E-state index in [-0.39, 0.29) is 11.5 Å². The van der Waals surface area contributed by atoms with E-state index in [4.69, 9.17) is 4.74 Å². The van der Waals surface area contributed by atoms with Crippen molar-refractivity contribution in [3.05, 3.63) is 65.2 Å². The van der Waals surface area contributed by atoms with Crippen LogP contribution in [0.4, 0.5) is 0 Å². The molecule has 138 valence electrons. The van der Waals surface area contributed by atoms with E-state index in [0.717, 1.165) is 18.6 Å². The number of hydrogen-bond donors (Lipinski definition) is 1. The van der Waals surface area contributed by atoms with Gasteiger partial charge >= 0.3 is 5.97 Å². The Bertz CT molecular complexity index is 740. The highest BCUT2D eigenvalue weighted by Gasteiger charge is 2.13. The van der Waals surface area contributed by atoms with Crippen LogP contribution in [-0.4, -0.2) is 42.6 Å². The van der Waals surface area contributed by atoms with Gasteiger partial charge in [0.25, 0.3) is 0 Å². The van der Waals surface area contributed by atoms with Gasteiger partial charge in [-0.3, -0.25) is 4.79 Å². The Hall–Kier alpha value is -2.82. The average Bonchev–Trinajstić information content (AvgIpc) is 2.66. The van der Waals surface area contributed by atoms with Crippen LogP contribution in [0.2, 0.25) is 0 Å². The molecule has 0 atom stereocenters. The highest BCUT2D eigenvalue weighted by molar-refractivity contribution is 5.89. The van der Waals surface area contributed by atoms with Crippen LogP contribution in [0.3, 0.4) is 0 Å². The molecular formula is C21H25NO4. The lowest BCUT2D eigenvalue weighted by Crippen LogP contribution is -2.28. The molecule has 0 saturated heterocycles. The predicted molar refractivity (Wildman–Crippen MR) is 101 cm³/mol. The average molecular weight is 355 g/mol. The van der Waals surface area contributed by atoms with Crippen molar-refractivity contribution >= 4 is 11.9 Å². The van der Waals surface area contributed by atoms with Gasteiger partial charge in [0, 0.05) is 20.0 Å². The lowest BCUT2D eigenvalue weighted by Gasteiger charge is -2.17. The molecule has 5 nitrogen and oxygen atoms in total. The third-order valence-electron chi connectivity index (χ3n) is 4.40. The van der Waals surface area contributed by atoms with Gasteiger partial charge in [-0.25, -0.2) is 4.79 Å². The van der Waals surface area contributed by atoms with Crippen molar-refractivity contribution in [2.24, 2.45) is 0 Å². The van der Waals surface area contributed by atoms with E-state index in [1.54, 1.807) is 43.3 Å². The highest BCUT2D eigenvalue weighted by Crippen LogP contribution is 2.14. The molecule has 0 aliphatic carbocycles. The molecule has 5 heteroatoms. The minimum atomic E-state index is -0.958. The topological polar surface area (TPSA) is 66.8 Å². The Balaban J connectivity index is 1.78. The van der Waals surface area contributed by atoms with Gasteiger partial charge in [-0.15, -0.1) is 0 Å².